The summed E-state index contributed by atoms with van der Waals surface area (Å²) in [6, 6.07) is 12.3. The van der Waals surface area contributed by atoms with E-state index in [4.69, 9.17) is 4.74 Å². The third-order valence-corrected chi connectivity index (χ3v) is 6.39. The molecule has 2 fully saturated rings. The second-order valence-corrected chi connectivity index (χ2v) is 8.34. The van der Waals surface area contributed by atoms with E-state index in [1.165, 1.54) is 25.7 Å². The third-order valence-electron chi connectivity index (χ3n) is 6.39. The molecule has 1 aromatic heterocycles. The van der Waals surface area contributed by atoms with E-state index in [1.807, 2.05) is 36.4 Å². The van der Waals surface area contributed by atoms with Gasteiger partial charge in [-0.05, 0) is 49.8 Å². The van der Waals surface area contributed by atoms with Crippen LogP contribution in [-0.2, 0) is 13.0 Å². The topological polar surface area (TPSA) is 87.5 Å². The molecule has 0 bridgehead atoms. The van der Waals surface area contributed by atoms with Crippen LogP contribution < -0.4 is 10.1 Å². The van der Waals surface area contributed by atoms with E-state index in [0.717, 1.165) is 11.4 Å². The van der Waals surface area contributed by atoms with Crippen LogP contribution in [-0.4, -0.2) is 45.0 Å². The number of hydrogen-bond donors (Lipinski definition) is 3. The van der Waals surface area contributed by atoms with Gasteiger partial charge in [-0.25, -0.2) is 9.97 Å². The molecule has 29 heavy (non-hydrogen) atoms. The molecule has 4 rings (SSSR count). The zero-order chi connectivity index (χ0) is 20.1. The predicted octanol–water partition coefficient (Wildman–Crippen LogP) is 2.49. The van der Waals surface area contributed by atoms with Gasteiger partial charge in [-0.2, -0.15) is 0 Å². The molecule has 0 amide bonds. The van der Waals surface area contributed by atoms with Crippen molar-refractivity contribution in [3.8, 4) is 5.75 Å². The van der Waals surface area contributed by atoms with Crippen LogP contribution in [0.1, 0.15) is 43.6 Å². The van der Waals surface area contributed by atoms with Crippen molar-refractivity contribution in [1.82, 2.24) is 15.3 Å². The maximum Gasteiger partial charge on any atom is 0.166 e. The molecule has 4 atom stereocenters. The summed E-state index contributed by atoms with van der Waals surface area (Å²) >= 11 is 0. The number of aliphatic hydroxyl groups is 2. The Morgan fingerprint density at radius 3 is 2.62 bits per heavy atom. The lowest BCUT2D eigenvalue weighted by atomic mass is 9.88. The molecule has 0 aliphatic heterocycles. The summed E-state index contributed by atoms with van der Waals surface area (Å²) in [5, 5.41) is 24.1. The second kappa shape index (κ2) is 9.65. The van der Waals surface area contributed by atoms with Crippen molar-refractivity contribution in [2.45, 2.75) is 63.3 Å². The average Bonchev–Trinajstić information content (AvgIpc) is 3.35. The molecule has 156 valence electrons. The Hall–Kier alpha value is -2.02. The molecule has 4 unspecified atom stereocenters. The Balaban J connectivity index is 1.42. The highest BCUT2D eigenvalue weighted by molar-refractivity contribution is 5.21. The fraction of sp³-hybridized carbons (Fsp3) is 0.565. The van der Waals surface area contributed by atoms with Gasteiger partial charge in [-0.1, -0.05) is 31.0 Å². The first-order valence-corrected chi connectivity index (χ1v) is 10.8. The molecule has 6 nitrogen and oxygen atoms in total. The van der Waals surface area contributed by atoms with Crippen LogP contribution in [0.25, 0.3) is 0 Å². The van der Waals surface area contributed by atoms with Crippen LogP contribution in [0.4, 0.5) is 0 Å². The molecule has 0 saturated heterocycles. The predicted molar refractivity (Wildman–Crippen MR) is 110 cm³/mol. The van der Waals surface area contributed by atoms with Gasteiger partial charge >= 0.3 is 0 Å². The molecule has 1 heterocycles. The van der Waals surface area contributed by atoms with Crippen LogP contribution in [0.2, 0.25) is 0 Å². The number of nitrogens with zero attached hydrogens (tertiary/aromatic N) is 2. The number of rotatable bonds is 8. The minimum Gasteiger partial charge on any atom is -0.486 e. The van der Waals surface area contributed by atoms with Crippen molar-refractivity contribution in [2.24, 2.45) is 11.8 Å². The van der Waals surface area contributed by atoms with Gasteiger partial charge in [0.1, 0.15) is 12.4 Å². The van der Waals surface area contributed by atoms with E-state index in [0.29, 0.717) is 31.3 Å². The highest BCUT2D eigenvalue weighted by atomic mass is 16.5. The van der Waals surface area contributed by atoms with Gasteiger partial charge in [-0.3, -0.25) is 0 Å². The van der Waals surface area contributed by atoms with Crippen LogP contribution in [0.15, 0.2) is 42.6 Å². The minimum atomic E-state index is -0.466. The first kappa shape index (κ1) is 20.3. The van der Waals surface area contributed by atoms with Crippen LogP contribution in [0.3, 0.4) is 0 Å². The minimum absolute atomic E-state index is 0.00371. The lowest BCUT2D eigenvalue weighted by Gasteiger charge is -2.27. The van der Waals surface area contributed by atoms with E-state index >= 15 is 0 Å². The molecule has 0 radical (unpaired) electrons. The zero-order valence-corrected chi connectivity index (χ0v) is 16.8. The van der Waals surface area contributed by atoms with E-state index in [1.54, 1.807) is 6.20 Å². The SMILES string of the molecule is OCC1C(O)CC(NC2CCCC2)C1Cc1ccnc(COc2ccccc2)n1. The smallest absolute Gasteiger partial charge is 0.166 e. The van der Waals surface area contributed by atoms with Crippen molar-refractivity contribution in [3.63, 3.8) is 0 Å². The number of benzene rings is 1. The van der Waals surface area contributed by atoms with Crippen molar-refractivity contribution >= 4 is 0 Å². The third kappa shape index (κ3) is 5.13. The molecule has 2 aliphatic rings. The van der Waals surface area contributed by atoms with E-state index in [2.05, 4.69) is 15.3 Å². The molecular formula is C23H31N3O3. The van der Waals surface area contributed by atoms with Gasteiger partial charge in [0.2, 0.25) is 0 Å². The summed E-state index contributed by atoms with van der Waals surface area (Å²) in [6.45, 7) is 0.321. The second-order valence-electron chi connectivity index (χ2n) is 8.34. The van der Waals surface area contributed by atoms with Gasteiger partial charge in [0.25, 0.3) is 0 Å². The number of ether oxygens (including phenoxy) is 1. The summed E-state index contributed by atoms with van der Waals surface area (Å²) in [5.74, 6) is 1.48. The van der Waals surface area contributed by atoms with Gasteiger partial charge in [-0.15, -0.1) is 0 Å². The fourth-order valence-corrected chi connectivity index (χ4v) is 4.86. The van der Waals surface area contributed by atoms with Crippen molar-refractivity contribution in [1.29, 1.82) is 0 Å². The van der Waals surface area contributed by atoms with Crippen molar-refractivity contribution in [2.75, 3.05) is 6.61 Å². The normalized spacial score (nSPS) is 27.4. The number of nitrogens with one attached hydrogen (secondary N) is 1. The lowest BCUT2D eigenvalue weighted by Crippen LogP contribution is -2.41. The van der Waals surface area contributed by atoms with E-state index in [9.17, 15) is 10.2 Å². The molecule has 3 N–H and O–H groups in total. The summed E-state index contributed by atoms with van der Waals surface area (Å²) in [5.41, 5.74) is 0.933. The Morgan fingerprint density at radius 2 is 1.86 bits per heavy atom. The molecule has 6 heteroatoms. The molecule has 2 saturated carbocycles. The Morgan fingerprint density at radius 1 is 1.07 bits per heavy atom. The van der Waals surface area contributed by atoms with Gasteiger partial charge < -0.3 is 20.3 Å². The summed E-state index contributed by atoms with van der Waals surface area (Å²) in [4.78, 5) is 9.02. The summed E-state index contributed by atoms with van der Waals surface area (Å²) in [6.07, 6.45) is 7.68. The van der Waals surface area contributed by atoms with E-state index < -0.39 is 6.10 Å². The quantitative estimate of drug-likeness (QED) is 0.634. The Kier molecular flexibility index (Phi) is 6.74. The van der Waals surface area contributed by atoms with Crippen LogP contribution in [0.5, 0.6) is 5.75 Å². The number of para-hydroxylation sites is 1. The number of hydrogen-bond acceptors (Lipinski definition) is 6. The fourth-order valence-electron chi connectivity index (χ4n) is 4.86. The molecule has 2 aromatic rings. The first-order valence-electron chi connectivity index (χ1n) is 10.8. The summed E-state index contributed by atoms with van der Waals surface area (Å²) in [7, 11) is 0. The number of aromatic nitrogens is 2. The Bertz CT molecular complexity index is 767. The van der Waals surface area contributed by atoms with Gasteiger partial charge in [0.05, 0.1) is 6.10 Å². The maximum absolute atomic E-state index is 10.5. The van der Waals surface area contributed by atoms with Gasteiger partial charge in [0.15, 0.2) is 5.82 Å². The molecular weight excluding hydrogens is 366 g/mol. The zero-order valence-electron chi connectivity index (χ0n) is 16.8. The highest BCUT2D eigenvalue weighted by Crippen LogP contribution is 2.36. The first-order chi connectivity index (χ1) is 14.2. The van der Waals surface area contributed by atoms with Crippen LogP contribution in [0, 0.1) is 11.8 Å². The lowest BCUT2D eigenvalue weighted by molar-refractivity contribution is 0.0715. The maximum atomic E-state index is 10.5. The van der Waals surface area contributed by atoms with Gasteiger partial charge in [0, 0.05) is 36.5 Å². The van der Waals surface area contributed by atoms with Crippen LogP contribution >= 0.6 is 0 Å². The van der Waals surface area contributed by atoms with E-state index in [-0.39, 0.29) is 24.5 Å². The highest BCUT2D eigenvalue weighted by Gasteiger charge is 2.43. The average molecular weight is 398 g/mol. The molecule has 0 spiro atoms. The Labute approximate surface area is 172 Å². The number of aliphatic hydroxyl groups excluding tert-OH is 2. The largest absolute Gasteiger partial charge is 0.486 e. The molecule has 1 aromatic carbocycles. The van der Waals surface area contributed by atoms with Crippen molar-refractivity contribution < 1.29 is 14.9 Å². The summed E-state index contributed by atoms with van der Waals surface area (Å²) < 4.78 is 5.77. The van der Waals surface area contributed by atoms with Crippen molar-refractivity contribution in [3.05, 3.63) is 54.1 Å². The molecule has 2 aliphatic carbocycles. The standard InChI is InChI=1S/C23H31N3O3/c27-14-20-19(21(13-22(20)28)25-16-6-4-5-7-16)12-17-10-11-24-23(26-17)15-29-18-8-2-1-3-9-18/h1-3,8-11,16,19-22,25,27-28H,4-7,12-15H2. The monoisotopic (exact) mass is 397 g/mol.